The molecule has 1 aliphatic carbocycles. The number of ether oxygens (including phenoxy) is 1. The van der Waals surface area contributed by atoms with Crippen molar-refractivity contribution in [1.82, 2.24) is 5.43 Å². The van der Waals surface area contributed by atoms with Gasteiger partial charge >= 0.3 is 6.03 Å². The minimum absolute atomic E-state index is 0.330. The summed E-state index contributed by atoms with van der Waals surface area (Å²) in [5.74, 6) is 0. The van der Waals surface area contributed by atoms with E-state index in [0.717, 1.165) is 37.8 Å². The van der Waals surface area contributed by atoms with Crippen molar-refractivity contribution >= 4 is 11.7 Å². The fraction of sp³-hybridized carbons (Fsp3) is 0.778. The fourth-order valence-corrected chi connectivity index (χ4v) is 1.61. The van der Waals surface area contributed by atoms with Crippen molar-refractivity contribution in [3.05, 3.63) is 0 Å². The van der Waals surface area contributed by atoms with Gasteiger partial charge in [0.25, 0.3) is 0 Å². The van der Waals surface area contributed by atoms with Crippen LogP contribution in [0.3, 0.4) is 0 Å². The molecule has 5 nitrogen and oxygen atoms in total. The van der Waals surface area contributed by atoms with Gasteiger partial charge in [-0.25, -0.2) is 10.2 Å². The molecule has 1 atom stereocenters. The molecule has 0 spiro atoms. The Morgan fingerprint density at radius 1 is 1.57 bits per heavy atom. The van der Waals surface area contributed by atoms with Crippen molar-refractivity contribution in [2.75, 3.05) is 7.11 Å². The normalized spacial score (nSPS) is 25.8. The van der Waals surface area contributed by atoms with Gasteiger partial charge < -0.3 is 10.5 Å². The number of hydrazone groups is 1. The molecule has 0 aromatic carbocycles. The maximum atomic E-state index is 10.4. The van der Waals surface area contributed by atoms with Crippen LogP contribution in [-0.2, 0) is 4.74 Å². The van der Waals surface area contributed by atoms with Gasteiger partial charge in [-0.2, -0.15) is 5.10 Å². The van der Waals surface area contributed by atoms with E-state index in [-0.39, 0.29) is 0 Å². The first-order valence-electron chi connectivity index (χ1n) is 4.86. The van der Waals surface area contributed by atoms with E-state index >= 15 is 0 Å². The van der Waals surface area contributed by atoms with Crippen molar-refractivity contribution in [2.45, 2.75) is 38.2 Å². The van der Waals surface area contributed by atoms with E-state index in [2.05, 4.69) is 10.5 Å². The largest absolute Gasteiger partial charge is 0.381 e. The minimum atomic E-state index is -0.606. The molecule has 1 aliphatic rings. The predicted molar refractivity (Wildman–Crippen MR) is 54.0 cm³/mol. The molecule has 80 valence electrons. The van der Waals surface area contributed by atoms with Crippen LogP contribution < -0.4 is 11.2 Å². The lowest BCUT2D eigenvalue weighted by atomic mass is 10.1. The smallest absolute Gasteiger partial charge is 0.332 e. The lowest BCUT2D eigenvalue weighted by molar-refractivity contribution is 0.0910. The Morgan fingerprint density at radius 2 is 2.36 bits per heavy atom. The number of carbonyl (C=O) groups excluding carboxylic acids is 1. The highest BCUT2D eigenvalue weighted by molar-refractivity contribution is 5.86. The van der Waals surface area contributed by atoms with Crippen LogP contribution in [0, 0.1) is 0 Å². The molecular weight excluding hydrogens is 182 g/mol. The summed E-state index contributed by atoms with van der Waals surface area (Å²) < 4.78 is 5.28. The molecule has 0 aromatic rings. The average molecular weight is 199 g/mol. The molecule has 14 heavy (non-hydrogen) atoms. The standard InChI is InChI=1S/C9H17N3O2/c1-14-8-4-2-3-7(5-6-8)11-12-9(10)13/h8H,2-6H2,1H3,(H3,10,12,13)/b11-7-. The highest BCUT2D eigenvalue weighted by Crippen LogP contribution is 2.17. The molecule has 0 aliphatic heterocycles. The molecule has 0 radical (unpaired) electrons. The van der Waals surface area contributed by atoms with Crippen LogP contribution in [0.2, 0.25) is 0 Å². The van der Waals surface area contributed by atoms with E-state index in [0.29, 0.717) is 6.10 Å². The van der Waals surface area contributed by atoms with Crippen LogP contribution in [0.15, 0.2) is 5.10 Å². The van der Waals surface area contributed by atoms with Gasteiger partial charge in [0.1, 0.15) is 0 Å². The highest BCUT2D eigenvalue weighted by atomic mass is 16.5. The molecule has 0 aromatic heterocycles. The second kappa shape index (κ2) is 5.59. The third kappa shape index (κ3) is 3.74. The molecule has 5 heteroatoms. The minimum Gasteiger partial charge on any atom is -0.381 e. The third-order valence-electron chi connectivity index (χ3n) is 2.40. The topological polar surface area (TPSA) is 76.7 Å². The number of nitrogens with one attached hydrogen (secondary N) is 1. The molecule has 0 bridgehead atoms. The summed E-state index contributed by atoms with van der Waals surface area (Å²) in [6.45, 7) is 0. The Balaban J connectivity index is 2.41. The SMILES string of the molecule is COC1CCC/C(=N/NC(N)=O)CC1. The highest BCUT2D eigenvalue weighted by Gasteiger charge is 2.14. The van der Waals surface area contributed by atoms with Crippen molar-refractivity contribution in [3.8, 4) is 0 Å². The van der Waals surface area contributed by atoms with Crippen LogP contribution >= 0.6 is 0 Å². The third-order valence-corrected chi connectivity index (χ3v) is 2.40. The summed E-state index contributed by atoms with van der Waals surface area (Å²) in [7, 11) is 1.73. The Labute approximate surface area is 83.7 Å². The van der Waals surface area contributed by atoms with Gasteiger partial charge in [0, 0.05) is 12.8 Å². The monoisotopic (exact) mass is 199 g/mol. The molecule has 1 rings (SSSR count). The second-order valence-electron chi connectivity index (χ2n) is 3.44. The summed E-state index contributed by atoms with van der Waals surface area (Å²) in [4.78, 5) is 10.4. The zero-order valence-electron chi connectivity index (χ0n) is 8.45. The summed E-state index contributed by atoms with van der Waals surface area (Å²) >= 11 is 0. The molecule has 3 N–H and O–H groups in total. The van der Waals surface area contributed by atoms with Crippen molar-refractivity contribution in [1.29, 1.82) is 0 Å². The van der Waals surface area contributed by atoms with Gasteiger partial charge in [-0.15, -0.1) is 0 Å². The van der Waals surface area contributed by atoms with Gasteiger partial charge in [-0.05, 0) is 32.1 Å². The summed E-state index contributed by atoms with van der Waals surface area (Å²) in [5.41, 5.74) is 8.19. The Morgan fingerprint density at radius 3 is 3.00 bits per heavy atom. The summed E-state index contributed by atoms with van der Waals surface area (Å²) in [6.07, 6.45) is 5.20. The molecule has 0 heterocycles. The molecule has 0 saturated heterocycles. The first-order chi connectivity index (χ1) is 6.72. The first-order valence-corrected chi connectivity index (χ1v) is 4.86. The number of hydrogen-bond acceptors (Lipinski definition) is 3. The average Bonchev–Trinajstić information content (AvgIpc) is 2.39. The molecule has 1 fully saturated rings. The zero-order chi connectivity index (χ0) is 10.4. The molecular formula is C9H17N3O2. The first kappa shape index (κ1) is 11.0. The maximum Gasteiger partial charge on any atom is 0.332 e. The predicted octanol–water partition coefficient (Wildman–Crippen LogP) is 0.990. The number of nitrogens with zero attached hydrogens (tertiary/aromatic N) is 1. The van der Waals surface area contributed by atoms with E-state index in [1.54, 1.807) is 7.11 Å². The molecule has 2 amide bonds. The number of primary amides is 1. The van der Waals surface area contributed by atoms with E-state index in [9.17, 15) is 4.79 Å². The van der Waals surface area contributed by atoms with Crippen molar-refractivity contribution in [2.24, 2.45) is 10.8 Å². The van der Waals surface area contributed by atoms with Crippen LogP contribution in [0.4, 0.5) is 4.79 Å². The second-order valence-corrected chi connectivity index (χ2v) is 3.44. The summed E-state index contributed by atoms with van der Waals surface area (Å²) in [5, 5.41) is 3.95. The van der Waals surface area contributed by atoms with Crippen LogP contribution in [-0.4, -0.2) is 25.0 Å². The number of urea groups is 1. The van der Waals surface area contributed by atoms with Crippen LogP contribution in [0.25, 0.3) is 0 Å². The number of hydrogen-bond donors (Lipinski definition) is 2. The van der Waals surface area contributed by atoms with E-state index < -0.39 is 6.03 Å². The maximum absolute atomic E-state index is 10.4. The lowest BCUT2D eigenvalue weighted by Crippen LogP contribution is -2.25. The molecule has 1 saturated carbocycles. The van der Waals surface area contributed by atoms with Gasteiger partial charge in [-0.3, -0.25) is 0 Å². The van der Waals surface area contributed by atoms with Crippen molar-refractivity contribution in [3.63, 3.8) is 0 Å². The van der Waals surface area contributed by atoms with E-state index in [4.69, 9.17) is 10.5 Å². The van der Waals surface area contributed by atoms with Crippen molar-refractivity contribution < 1.29 is 9.53 Å². The van der Waals surface area contributed by atoms with Gasteiger partial charge in [-0.1, -0.05) is 0 Å². The van der Waals surface area contributed by atoms with E-state index in [1.807, 2.05) is 0 Å². The summed E-state index contributed by atoms with van der Waals surface area (Å²) in [6, 6.07) is -0.606. The zero-order valence-corrected chi connectivity index (χ0v) is 8.45. The van der Waals surface area contributed by atoms with Crippen LogP contribution in [0.5, 0.6) is 0 Å². The quantitative estimate of drug-likeness (QED) is 0.514. The Bertz CT molecular complexity index is 228. The number of amides is 2. The van der Waals surface area contributed by atoms with Gasteiger partial charge in [0.2, 0.25) is 0 Å². The van der Waals surface area contributed by atoms with Crippen LogP contribution in [0.1, 0.15) is 32.1 Å². The molecule has 1 unspecified atom stereocenters. The Hall–Kier alpha value is -1.10. The van der Waals surface area contributed by atoms with E-state index in [1.165, 1.54) is 0 Å². The Kier molecular flexibility index (Phi) is 4.39. The number of rotatable bonds is 2. The van der Waals surface area contributed by atoms with Gasteiger partial charge in [0.05, 0.1) is 6.10 Å². The van der Waals surface area contributed by atoms with Gasteiger partial charge in [0.15, 0.2) is 0 Å². The number of carbonyl (C=O) groups is 1. The fourth-order valence-electron chi connectivity index (χ4n) is 1.61. The number of methoxy groups -OCH3 is 1. The number of nitrogens with two attached hydrogens (primary N) is 1. The lowest BCUT2D eigenvalue weighted by Gasteiger charge is -2.09.